The number of carbonyl (C=O) groups excluding carboxylic acids is 1. The number of fused-ring (bicyclic) bond motifs is 3. The molecule has 1 aromatic carbocycles. The van der Waals surface area contributed by atoms with Gasteiger partial charge in [0.05, 0.1) is 14.2 Å². The summed E-state index contributed by atoms with van der Waals surface area (Å²) in [5.74, 6) is 1.55. The number of aromatic nitrogens is 4. The fourth-order valence-electron chi connectivity index (χ4n) is 3.60. The van der Waals surface area contributed by atoms with E-state index in [9.17, 15) is 14.4 Å². The smallest absolute Gasteiger partial charge is 0.329 e. The van der Waals surface area contributed by atoms with Crippen LogP contribution in [0, 0.1) is 0 Å². The normalized spacial score (nSPS) is 13.6. The molecule has 0 unspecified atom stereocenters. The van der Waals surface area contributed by atoms with Gasteiger partial charge in [0.1, 0.15) is 0 Å². The monoisotopic (exact) mass is 399 g/mol. The molecule has 4 rings (SSSR count). The minimum atomic E-state index is -0.541. The third-order valence-corrected chi connectivity index (χ3v) is 5.15. The minimum absolute atomic E-state index is 0.0743. The Balaban J connectivity index is 1.70. The number of aromatic amines is 1. The number of methoxy groups -OCH3 is 2. The molecule has 3 heterocycles. The second-order valence-electron chi connectivity index (χ2n) is 6.79. The third-order valence-electron chi connectivity index (χ3n) is 5.15. The maximum Gasteiger partial charge on any atom is 0.329 e. The highest BCUT2D eigenvalue weighted by Gasteiger charge is 2.29. The average Bonchev–Trinajstić information content (AvgIpc) is 3.11. The number of hydrogen-bond acceptors (Lipinski definition) is 6. The molecule has 1 aliphatic rings. The van der Waals surface area contributed by atoms with Crippen LogP contribution >= 0.6 is 0 Å². The van der Waals surface area contributed by atoms with E-state index in [1.54, 1.807) is 23.7 Å². The Morgan fingerprint density at radius 2 is 1.90 bits per heavy atom. The van der Waals surface area contributed by atoms with Gasteiger partial charge in [0, 0.05) is 26.6 Å². The van der Waals surface area contributed by atoms with Crippen LogP contribution < -0.4 is 25.6 Å². The first-order valence-electron chi connectivity index (χ1n) is 9.15. The molecule has 0 spiro atoms. The molecule has 0 aliphatic carbocycles. The van der Waals surface area contributed by atoms with Crippen molar-refractivity contribution in [1.82, 2.24) is 19.1 Å². The Morgan fingerprint density at radius 3 is 2.62 bits per heavy atom. The third kappa shape index (κ3) is 3.06. The van der Waals surface area contributed by atoms with Gasteiger partial charge < -0.3 is 14.0 Å². The van der Waals surface area contributed by atoms with E-state index in [2.05, 4.69) is 9.97 Å². The van der Waals surface area contributed by atoms with E-state index in [0.29, 0.717) is 42.5 Å². The number of nitrogens with one attached hydrogen (secondary N) is 1. The zero-order chi connectivity index (χ0) is 20.7. The van der Waals surface area contributed by atoms with Gasteiger partial charge in [0.25, 0.3) is 5.56 Å². The molecule has 1 N–H and O–H groups in total. The Hall–Kier alpha value is -3.56. The van der Waals surface area contributed by atoms with Gasteiger partial charge in [-0.3, -0.25) is 24.0 Å². The molecule has 0 saturated carbocycles. The Labute approximate surface area is 165 Å². The van der Waals surface area contributed by atoms with Gasteiger partial charge in [-0.1, -0.05) is 6.07 Å². The number of rotatable bonds is 5. The van der Waals surface area contributed by atoms with E-state index in [-0.39, 0.29) is 18.0 Å². The lowest BCUT2D eigenvalue weighted by Gasteiger charge is -2.27. The van der Waals surface area contributed by atoms with Gasteiger partial charge in [-0.05, 0) is 24.1 Å². The molecule has 29 heavy (non-hydrogen) atoms. The van der Waals surface area contributed by atoms with Crippen LogP contribution in [-0.2, 0) is 24.8 Å². The van der Waals surface area contributed by atoms with Gasteiger partial charge in [0.15, 0.2) is 22.7 Å². The highest BCUT2D eigenvalue weighted by atomic mass is 16.5. The Bertz CT molecular complexity index is 1220. The Morgan fingerprint density at radius 1 is 1.14 bits per heavy atom. The van der Waals surface area contributed by atoms with Crippen LogP contribution in [-0.4, -0.2) is 45.8 Å². The minimum Gasteiger partial charge on any atom is -0.493 e. The number of H-pyrrole nitrogens is 1. The van der Waals surface area contributed by atoms with Crippen molar-refractivity contribution >= 4 is 23.0 Å². The summed E-state index contributed by atoms with van der Waals surface area (Å²) in [5.41, 5.74) is 0.483. The van der Waals surface area contributed by atoms with Crippen molar-refractivity contribution in [2.45, 2.75) is 19.4 Å². The fraction of sp³-hybridized carbons (Fsp3) is 0.368. The molecule has 0 fully saturated rings. The summed E-state index contributed by atoms with van der Waals surface area (Å²) in [6.07, 6.45) is 0.817. The largest absolute Gasteiger partial charge is 0.493 e. The van der Waals surface area contributed by atoms with Crippen molar-refractivity contribution in [3.63, 3.8) is 0 Å². The first kappa shape index (κ1) is 18.8. The van der Waals surface area contributed by atoms with Crippen LogP contribution in [0.2, 0.25) is 0 Å². The summed E-state index contributed by atoms with van der Waals surface area (Å²) in [7, 11) is 4.68. The molecule has 1 aliphatic heterocycles. The lowest BCUT2D eigenvalue weighted by molar-refractivity contribution is -0.119. The van der Waals surface area contributed by atoms with Crippen molar-refractivity contribution in [3.8, 4) is 11.5 Å². The van der Waals surface area contributed by atoms with E-state index >= 15 is 0 Å². The molecule has 1 amide bonds. The zero-order valence-electron chi connectivity index (χ0n) is 16.4. The molecule has 152 valence electrons. The van der Waals surface area contributed by atoms with Crippen molar-refractivity contribution in [1.29, 1.82) is 0 Å². The van der Waals surface area contributed by atoms with Gasteiger partial charge in [-0.2, -0.15) is 4.98 Å². The van der Waals surface area contributed by atoms with E-state index < -0.39 is 11.2 Å². The first-order chi connectivity index (χ1) is 13.9. The number of ether oxygens (including phenoxy) is 2. The lowest BCUT2D eigenvalue weighted by Crippen LogP contribution is -2.39. The molecule has 0 saturated heterocycles. The fourth-order valence-corrected chi connectivity index (χ4v) is 3.60. The standard InChI is InChI=1S/C19H21N5O5/c1-22-16-15(17(26)21-19(22)27)24-9-7-14(25)23(18(24)20-16)8-6-11-4-5-12(28-2)13(10-11)29-3/h4-5,10H,6-9H2,1-3H3,(H,21,26,27). The molecule has 10 nitrogen and oxygen atoms in total. The van der Waals surface area contributed by atoms with Gasteiger partial charge in [-0.25, -0.2) is 4.79 Å². The van der Waals surface area contributed by atoms with Crippen LogP contribution in [0.1, 0.15) is 12.0 Å². The second-order valence-corrected chi connectivity index (χ2v) is 6.79. The van der Waals surface area contributed by atoms with Crippen LogP contribution in [0.5, 0.6) is 11.5 Å². The van der Waals surface area contributed by atoms with Gasteiger partial charge >= 0.3 is 5.69 Å². The van der Waals surface area contributed by atoms with Gasteiger partial charge in [-0.15, -0.1) is 0 Å². The van der Waals surface area contributed by atoms with Crippen molar-refractivity contribution in [3.05, 3.63) is 44.6 Å². The maximum absolute atomic E-state index is 12.6. The lowest BCUT2D eigenvalue weighted by atomic mass is 10.1. The first-order valence-corrected chi connectivity index (χ1v) is 9.15. The number of amides is 1. The molecule has 2 aromatic heterocycles. The van der Waals surface area contributed by atoms with Gasteiger partial charge in [0.2, 0.25) is 11.9 Å². The van der Waals surface area contributed by atoms with E-state index in [1.807, 2.05) is 18.2 Å². The molecule has 0 radical (unpaired) electrons. The summed E-state index contributed by atoms with van der Waals surface area (Å²) < 4.78 is 13.6. The molecule has 3 aromatic rings. The van der Waals surface area contributed by atoms with Crippen LogP contribution in [0.3, 0.4) is 0 Å². The maximum atomic E-state index is 12.6. The number of nitrogens with zero attached hydrogens (tertiary/aromatic N) is 4. The summed E-state index contributed by atoms with van der Waals surface area (Å²) in [4.78, 5) is 45.1. The summed E-state index contributed by atoms with van der Waals surface area (Å²) in [5, 5.41) is 0. The number of aryl methyl sites for hydroxylation is 2. The summed E-state index contributed by atoms with van der Waals surface area (Å²) in [6, 6.07) is 5.59. The van der Waals surface area contributed by atoms with Crippen LogP contribution in [0.4, 0.5) is 5.95 Å². The molecular weight excluding hydrogens is 378 g/mol. The topological polar surface area (TPSA) is 111 Å². The van der Waals surface area contributed by atoms with Crippen molar-refractivity contribution < 1.29 is 14.3 Å². The Kier molecular flexibility index (Phi) is 4.61. The number of carbonyl (C=O) groups is 1. The number of anilines is 1. The molecular formula is C19H21N5O5. The van der Waals surface area contributed by atoms with E-state index in [1.165, 1.54) is 11.6 Å². The highest BCUT2D eigenvalue weighted by Crippen LogP contribution is 2.29. The average molecular weight is 399 g/mol. The zero-order valence-corrected chi connectivity index (χ0v) is 16.4. The van der Waals surface area contributed by atoms with Crippen LogP contribution in [0.15, 0.2) is 27.8 Å². The molecule has 0 bridgehead atoms. The van der Waals surface area contributed by atoms with Crippen molar-refractivity contribution in [2.75, 3.05) is 25.7 Å². The second kappa shape index (κ2) is 7.12. The van der Waals surface area contributed by atoms with E-state index in [4.69, 9.17) is 9.47 Å². The quantitative estimate of drug-likeness (QED) is 0.666. The summed E-state index contributed by atoms with van der Waals surface area (Å²) >= 11 is 0. The van der Waals surface area contributed by atoms with E-state index in [0.717, 1.165) is 5.56 Å². The number of hydrogen-bond donors (Lipinski definition) is 1. The molecule has 0 atom stereocenters. The van der Waals surface area contributed by atoms with Crippen molar-refractivity contribution in [2.24, 2.45) is 7.05 Å². The number of benzene rings is 1. The number of imidazole rings is 1. The SMILES string of the molecule is COc1ccc(CCN2C(=O)CCn3c2nc2c3c(=O)[nH]c(=O)n2C)cc1OC. The highest BCUT2D eigenvalue weighted by molar-refractivity contribution is 5.95. The predicted octanol–water partition coefficient (Wildman–Crippen LogP) is 0.420. The molecule has 10 heteroatoms. The predicted molar refractivity (Wildman–Crippen MR) is 106 cm³/mol. The summed E-state index contributed by atoms with van der Waals surface area (Å²) in [6.45, 7) is 0.725. The van der Waals surface area contributed by atoms with Crippen LogP contribution in [0.25, 0.3) is 11.2 Å².